The van der Waals surface area contributed by atoms with Crippen molar-refractivity contribution in [3.63, 3.8) is 0 Å². The van der Waals surface area contributed by atoms with Crippen LogP contribution < -0.4 is 4.74 Å². The molecule has 0 unspecified atom stereocenters. The summed E-state index contributed by atoms with van der Waals surface area (Å²) in [5, 5.41) is 0. The van der Waals surface area contributed by atoms with Crippen molar-refractivity contribution in [3.05, 3.63) is 100 Å². The Labute approximate surface area is 168 Å². The summed E-state index contributed by atoms with van der Waals surface area (Å²) in [5.74, 6) is 0.361. The Balaban J connectivity index is 1.95. The molecule has 0 aliphatic rings. The van der Waals surface area contributed by atoms with E-state index in [0.29, 0.717) is 6.61 Å². The predicted molar refractivity (Wildman–Crippen MR) is 110 cm³/mol. The van der Waals surface area contributed by atoms with Crippen molar-refractivity contribution in [2.24, 2.45) is 0 Å². The van der Waals surface area contributed by atoms with Gasteiger partial charge in [0.2, 0.25) is 0 Å². The molecule has 138 valence electrons. The highest BCUT2D eigenvalue weighted by Gasteiger charge is 2.22. The van der Waals surface area contributed by atoms with Gasteiger partial charge in [-0.05, 0) is 29.3 Å². The highest BCUT2D eigenvalue weighted by Crippen LogP contribution is 2.37. The van der Waals surface area contributed by atoms with E-state index in [4.69, 9.17) is 9.47 Å². The molecule has 1 atom stereocenters. The normalized spacial score (nSPS) is 11.6. The SMILES string of the molecule is COC(=O)C[C@@H](c1ccccc1)c1cc(Br)ccc1OCc1ccccc1. The van der Waals surface area contributed by atoms with Crippen LogP contribution in [0.2, 0.25) is 0 Å². The molecule has 3 aromatic carbocycles. The van der Waals surface area contributed by atoms with Gasteiger partial charge >= 0.3 is 5.97 Å². The number of carbonyl (C=O) groups is 1. The first-order valence-electron chi connectivity index (χ1n) is 8.75. The van der Waals surface area contributed by atoms with Gasteiger partial charge in [0.05, 0.1) is 13.5 Å². The third-order valence-corrected chi connectivity index (χ3v) is 4.88. The summed E-state index contributed by atoms with van der Waals surface area (Å²) >= 11 is 3.54. The number of carbonyl (C=O) groups excluding carboxylic acids is 1. The number of esters is 1. The second-order valence-corrected chi connectivity index (χ2v) is 7.12. The molecule has 3 aromatic rings. The molecule has 0 aliphatic heterocycles. The molecular weight excluding hydrogens is 404 g/mol. The maximum atomic E-state index is 12.1. The van der Waals surface area contributed by atoms with E-state index < -0.39 is 0 Å². The van der Waals surface area contributed by atoms with Crippen LogP contribution in [0.4, 0.5) is 0 Å². The molecule has 0 radical (unpaired) electrons. The van der Waals surface area contributed by atoms with E-state index in [9.17, 15) is 4.79 Å². The van der Waals surface area contributed by atoms with E-state index in [-0.39, 0.29) is 18.3 Å². The summed E-state index contributed by atoms with van der Waals surface area (Å²) < 4.78 is 12.0. The van der Waals surface area contributed by atoms with E-state index >= 15 is 0 Å². The highest BCUT2D eigenvalue weighted by molar-refractivity contribution is 9.10. The van der Waals surface area contributed by atoms with Crippen LogP contribution in [-0.2, 0) is 16.1 Å². The Hall–Kier alpha value is -2.59. The number of hydrogen-bond donors (Lipinski definition) is 0. The number of ether oxygens (including phenoxy) is 2. The number of methoxy groups -OCH3 is 1. The number of hydrogen-bond acceptors (Lipinski definition) is 3. The molecule has 0 saturated carbocycles. The summed E-state index contributed by atoms with van der Waals surface area (Å²) in [6, 6.07) is 25.9. The maximum absolute atomic E-state index is 12.1. The van der Waals surface area contributed by atoms with Gasteiger partial charge in [0.25, 0.3) is 0 Å². The zero-order valence-electron chi connectivity index (χ0n) is 15.1. The van der Waals surface area contributed by atoms with Crippen LogP contribution in [0.15, 0.2) is 83.3 Å². The first kappa shape index (κ1) is 19.2. The molecule has 3 nitrogen and oxygen atoms in total. The molecular formula is C23H21BrO3. The molecule has 0 bridgehead atoms. The van der Waals surface area contributed by atoms with Crippen molar-refractivity contribution < 1.29 is 14.3 Å². The standard InChI is InChI=1S/C23H21BrO3/c1-26-23(25)15-20(18-10-6-3-7-11-18)21-14-19(24)12-13-22(21)27-16-17-8-4-2-5-9-17/h2-14,20H,15-16H2,1H3/t20-/m0/s1. The highest BCUT2D eigenvalue weighted by atomic mass is 79.9. The third kappa shape index (κ3) is 5.20. The van der Waals surface area contributed by atoms with Gasteiger partial charge in [0.1, 0.15) is 12.4 Å². The zero-order chi connectivity index (χ0) is 19.1. The summed E-state index contributed by atoms with van der Waals surface area (Å²) in [4.78, 5) is 12.1. The molecule has 0 fully saturated rings. The van der Waals surface area contributed by atoms with E-state index in [0.717, 1.165) is 26.9 Å². The smallest absolute Gasteiger partial charge is 0.306 e. The Bertz CT molecular complexity index is 879. The Morgan fingerprint density at radius 2 is 1.63 bits per heavy atom. The Morgan fingerprint density at radius 1 is 0.963 bits per heavy atom. The topological polar surface area (TPSA) is 35.5 Å². The fourth-order valence-corrected chi connectivity index (χ4v) is 3.38. The molecule has 0 heterocycles. The largest absolute Gasteiger partial charge is 0.489 e. The molecule has 27 heavy (non-hydrogen) atoms. The van der Waals surface area contributed by atoms with Crippen LogP contribution in [0.25, 0.3) is 0 Å². The van der Waals surface area contributed by atoms with Gasteiger partial charge in [0, 0.05) is 16.0 Å². The predicted octanol–water partition coefficient (Wildman–Crippen LogP) is 5.72. The molecule has 3 rings (SSSR count). The summed E-state index contributed by atoms with van der Waals surface area (Å²) in [6.07, 6.45) is 0.249. The van der Waals surface area contributed by atoms with Gasteiger partial charge in [-0.2, -0.15) is 0 Å². The number of benzene rings is 3. The van der Waals surface area contributed by atoms with Crippen LogP contribution in [0.3, 0.4) is 0 Å². The lowest BCUT2D eigenvalue weighted by Gasteiger charge is -2.21. The van der Waals surface area contributed by atoms with Gasteiger partial charge in [0.15, 0.2) is 0 Å². The molecule has 0 aliphatic carbocycles. The Morgan fingerprint density at radius 3 is 2.30 bits per heavy atom. The quantitative estimate of drug-likeness (QED) is 0.454. The lowest BCUT2D eigenvalue weighted by atomic mass is 9.88. The van der Waals surface area contributed by atoms with Crippen LogP contribution in [0.5, 0.6) is 5.75 Å². The third-order valence-electron chi connectivity index (χ3n) is 4.38. The molecule has 0 spiro atoms. The molecule has 0 saturated heterocycles. The monoisotopic (exact) mass is 424 g/mol. The average Bonchev–Trinajstić information content (AvgIpc) is 2.72. The summed E-state index contributed by atoms with van der Waals surface area (Å²) in [6.45, 7) is 0.467. The van der Waals surface area contributed by atoms with Crippen molar-refractivity contribution in [1.29, 1.82) is 0 Å². The van der Waals surface area contributed by atoms with Gasteiger partial charge in [-0.3, -0.25) is 4.79 Å². The van der Waals surface area contributed by atoms with Gasteiger partial charge in [-0.1, -0.05) is 76.6 Å². The van der Waals surface area contributed by atoms with Crippen molar-refractivity contribution in [3.8, 4) is 5.75 Å². The van der Waals surface area contributed by atoms with E-state index in [1.807, 2.05) is 78.9 Å². The second kappa shape index (κ2) is 9.38. The molecule has 0 N–H and O–H groups in total. The zero-order valence-corrected chi connectivity index (χ0v) is 16.7. The summed E-state index contributed by atoms with van der Waals surface area (Å²) in [7, 11) is 1.41. The minimum Gasteiger partial charge on any atom is -0.489 e. The van der Waals surface area contributed by atoms with Crippen molar-refractivity contribution in [2.45, 2.75) is 18.9 Å². The lowest BCUT2D eigenvalue weighted by molar-refractivity contribution is -0.140. The Kier molecular flexibility index (Phi) is 6.66. The van der Waals surface area contributed by atoms with E-state index in [1.165, 1.54) is 7.11 Å². The maximum Gasteiger partial charge on any atom is 0.306 e. The van der Waals surface area contributed by atoms with Crippen LogP contribution in [0.1, 0.15) is 29.0 Å². The van der Waals surface area contributed by atoms with Gasteiger partial charge in [-0.15, -0.1) is 0 Å². The van der Waals surface area contributed by atoms with E-state index in [1.54, 1.807) is 0 Å². The van der Waals surface area contributed by atoms with Crippen LogP contribution >= 0.6 is 15.9 Å². The van der Waals surface area contributed by atoms with Crippen molar-refractivity contribution in [1.82, 2.24) is 0 Å². The minimum atomic E-state index is -0.252. The number of halogens is 1. The first-order valence-corrected chi connectivity index (χ1v) is 9.54. The van der Waals surface area contributed by atoms with Crippen molar-refractivity contribution >= 4 is 21.9 Å². The lowest BCUT2D eigenvalue weighted by Crippen LogP contribution is -2.11. The van der Waals surface area contributed by atoms with Crippen LogP contribution in [-0.4, -0.2) is 13.1 Å². The molecule has 4 heteroatoms. The average molecular weight is 425 g/mol. The molecule has 0 amide bonds. The van der Waals surface area contributed by atoms with E-state index in [2.05, 4.69) is 15.9 Å². The van der Waals surface area contributed by atoms with Gasteiger partial charge < -0.3 is 9.47 Å². The van der Waals surface area contributed by atoms with Crippen LogP contribution in [0, 0.1) is 0 Å². The number of rotatable bonds is 7. The first-order chi connectivity index (χ1) is 13.2. The van der Waals surface area contributed by atoms with Gasteiger partial charge in [-0.25, -0.2) is 0 Å². The minimum absolute atomic E-state index is 0.151. The fraction of sp³-hybridized carbons (Fsp3) is 0.174. The molecule has 0 aromatic heterocycles. The van der Waals surface area contributed by atoms with Crippen molar-refractivity contribution in [2.75, 3.05) is 7.11 Å². The summed E-state index contributed by atoms with van der Waals surface area (Å²) in [5.41, 5.74) is 3.10. The second-order valence-electron chi connectivity index (χ2n) is 6.20. The fourth-order valence-electron chi connectivity index (χ4n) is 3.00.